The smallest absolute Gasteiger partial charge is 0.325 e. The van der Waals surface area contributed by atoms with E-state index in [2.05, 4.69) is 4.98 Å². The first-order chi connectivity index (χ1) is 14.7. The minimum atomic E-state index is -3.88. The number of carbonyl (C=O) groups is 1. The third kappa shape index (κ3) is 4.53. The van der Waals surface area contributed by atoms with Crippen LogP contribution in [0.3, 0.4) is 0 Å². The number of sulfone groups is 1. The van der Waals surface area contributed by atoms with E-state index in [9.17, 15) is 23.1 Å². The molecule has 1 aliphatic heterocycles. The summed E-state index contributed by atoms with van der Waals surface area (Å²) < 4.78 is 27.2. The number of benzene rings is 2. The summed E-state index contributed by atoms with van der Waals surface area (Å²) in [7, 11) is -3.88. The van der Waals surface area contributed by atoms with Gasteiger partial charge < -0.3 is 15.0 Å². The van der Waals surface area contributed by atoms with Crippen LogP contribution in [0, 0.1) is 0 Å². The van der Waals surface area contributed by atoms with E-state index < -0.39 is 27.6 Å². The van der Waals surface area contributed by atoms with Crippen molar-refractivity contribution in [2.45, 2.75) is 29.9 Å². The van der Waals surface area contributed by atoms with Crippen LogP contribution >= 0.6 is 11.6 Å². The molecule has 1 aromatic heterocycles. The standard InChI is InChI=1S/C21H22ClN3O5S/c22-16-3-1-15-12-18(4-2-14(15)11-16)31(29,30)13-19(26)20(27)24-8-5-17(6-9-24)25-10-7-23-21(25)28/h1-4,7,10-12,17,19,26H,5-6,8-9,13H2,(H,23,28)/t19-/m1/s1. The molecule has 8 nitrogen and oxygen atoms in total. The molecule has 2 aromatic carbocycles. The van der Waals surface area contributed by atoms with E-state index in [0.717, 1.165) is 5.39 Å². The van der Waals surface area contributed by atoms with Gasteiger partial charge in [-0.1, -0.05) is 23.7 Å². The Kier molecular flexibility index (Phi) is 5.92. The number of fused-ring (bicyclic) bond motifs is 1. The Morgan fingerprint density at radius 3 is 2.52 bits per heavy atom. The Morgan fingerprint density at radius 1 is 1.16 bits per heavy atom. The zero-order valence-corrected chi connectivity index (χ0v) is 18.1. The first kappa shape index (κ1) is 21.6. The second-order valence-electron chi connectivity index (χ2n) is 7.68. The molecule has 0 saturated carbocycles. The van der Waals surface area contributed by atoms with E-state index >= 15 is 0 Å². The fraction of sp³-hybridized carbons (Fsp3) is 0.333. The summed E-state index contributed by atoms with van der Waals surface area (Å²) in [5, 5.41) is 12.4. The van der Waals surface area contributed by atoms with Crippen LogP contribution in [0.15, 0.2) is 58.5 Å². The first-order valence-electron chi connectivity index (χ1n) is 9.89. The molecule has 2 N–H and O–H groups in total. The molecule has 1 aliphatic rings. The SMILES string of the molecule is O=C([C@H](O)CS(=O)(=O)c1ccc2cc(Cl)ccc2c1)N1CCC(n2cc[nH]c2=O)CC1. The van der Waals surface area contributed by atoms with Crippen LogP contribution in [0.2, 0.25) is 5.02 Å². The lowest BCUT2D eigenvalue weighted by Crippen LogP contribution is -2.46. The number of halogens is 1. The van der Waals surface area contributed by atoms with Gasteiger partial charge in [-0.25, -0.2) is 13.2 Å². The number of amides is 1. The van der Waals surface area contributed by atoms with Crippen molar-refractivity contribution in [1.82, 2.24) is 14.5 Å². The minimum Gasteiger partial charge on any atom is -0.382 e. The topological polar surface area (TPSA) is 112 Å². The Labute approximate surface area is 184 Å². The minimum absolute atomic E-state index is 0.0326. The van der Waals surface area contributed by atoms with E-state index in [-0.39, 0.29) is 16.6 Å². The van der Waals surface area contributed by atoms with Crippen LogP contribution in [-0.4, -0.2) is 58.8 Å². The van der Waals surface area contributed by atoms with Crippen LogP contribution in [0.25, 0.3) is 10.8 Å². The Balaban J connectivity index is 1.42. The lowest BCUT2D eigenvalue weighted by Gasteiger charge is -2.33. The fourth-order valence-electron chi connectivity index (χ4n) is 3.96. The van der Waals surface area contributed by atoms with Crippen LogP contribution in [0.4, 0.5) is 0 Å². The summed E-state index contributed by atoms with van der Waals surface area (Å²) in [4.78, 5) is 28.5. The lowest BCUT2D eigenvalue weighted by molar-refractivity contribution is -0.140. The normalized spacial score (nSPS) is 16.5. The number of aliphatic hydroxyl groups is 1. The van der Waals surface area contributed by atoms with E-state index in [1.807, 2.05) is 0 Å². The van der Waals surface area contributed by atoms with E-state index in [1.165, 1.54) is 17.0 Å². The number of imidazole rings is 1. The average Bonchev–Trinajstić information content (AvgIpc) is 3.18. The van der Waals surface area contributed by atoms with Gasteiger partial charge >= 0.3 is 5.69 Å². The van der Waals surface area contributed by atoms with Crippen molar-refractivity contribution in [2.24, 2.45) is 0 Å². The van der Waals surface area contributed by atoms with Crippen molar-refractivity contribution >= 4 is 38.1 Å². The van der Waals surface area contributed by atoms with Crippen LogP contribution in [0.1, 0.15) is 18.9 Å². The molecule has 1 saturated heterocycles. The maximum Gasteiger partial charge on any atom is 0.325 e. The number of nitrogens with one attached hydrogen (secondary N) is 1. The molecular weight excluding hydrogens is 442 g/mol. The van der Waals surface area contributed by atoms with E-state index in [1.54, 1.807) is 41.2 Å². The van der Waals surface area contributed by atoms with Crippen molar-refractivity contribution < 1.29 is 18.3 Å². The number of H-pyrrole nitrogens is 1. The molecule has 1 amide bonds. The van der Waals surface area contributed by atoms with Crippen molar-refractivity contribution in [3.05, 3.63) is 64.3 Å². The highest BCUT2D eigenvalue weighted by atomic mass is 35.5. The highest BCUT2D eigenvalue weighted by Crippen LogP contribution is 2.25. The lowest BCUT2D eigenvalue weighted by atomic mass is 10.0. The predicted molar refractivity (Wildman–Crippen MR) is 117 cm³/mol. The van der Waals surface area contributed by atoms with Gasteiger partial charge in [-0.3, -0.25) is 9.36 Å². The number of aliphatic hydroxyl groups excluding tert-OH is 1. The highest BCUT2D eigenvalue weighted by Gasteiger charge is 2.31. The van der Waals surface area contributed by atoms with E-state index in [4.69, 9.17) is 11.6 Å². The summed E-state index contributed by atoms with van der Waals surface area (Å²) in [5.74, 6) is -1.31. The molecule has 0 aliphatic carbocycles. The quantitative estimate of drug-likeness (QED) is 0.600. The Morgan fingerprint density at radius 2 is 1.84 bits per heavy atom. The molecule has 31 heavy (non-hydrogen) atoms. The molecule has 4 rings (SSSR count). The third-order valence-electron chi connectivity index (χ3n) is 5.64. The van der Waals surface area contributed by atoms with Crippen molar-refractivity contribution in [3.8, 4) is 0 Å². The van der Waals surface area contributed by atoms with Crippen molar-refractivity contribution in [3.63, 3.8) is 0 Å². The Bertz CT molecular complexity index is 1280. The second kappa shape index (κ2) is 8.49. The molecule has 1 fully saturated rings. The molecule has 0 radical (unpaired) electrons. The van der Waals surface area contributed by atoms with Crippen LogP contribution < -0.4 is 5.69 Å². The molecular formula is C21H22ClN3O5S. The van der Waals surface area contributed by atoms with Gasteiger partial charge in [0.2, 0.25) is 0 Å². The van der Waals surface area contributed by atoms with Gasteiger partial charge in [0, 0.05) is 36.5 Å². The highest BCUT2D eigenvalue weighted by molar-refractivity contribution is 7.91. The molecule has 0 bridgehead atoms. The Hall–Kier alpha value is -2.62. The largest absolute Gasteiger partial charge is 0.382 e. The molecule has 0 unspecified atom stereocenters. The van der Waals surface area contributed by atoms with Crippen molar-refractivity contribution in [2.75, 3.05) is 18.8 Å². The average molecular weight is 464 g/mol. The van der Waals surface area contributed by atoms with E-state index in [0.29, 0.717) is 36.3 Å². The predicted octanol–water partition coefficient (Wildman–Crippen LogP) is 1.98. The summed E-state index contributed by atoms with van der Waals surface area (Å²) in [6.45, 7) is 0.684. The van der Waals surface area contributed by atoms with Gasteiger partial charge in [-0.2, -0.15) is 0 Å². The van der Waals surface area contributed by atoms with Gasteiger partial charge in [-0.15, -0.1) is 0 Å². The number of hydrogen-bond acceptors (Lipinski definition) is 5. The zero-order valence-electron chi connectivity index (χ0n) is 16.6. The summed E-state index contributed by atoms with van der Waals surface area (Å²) >= 11 is 5.96. The molecule has 1 atom stereocenters. The number of rotatable bonds is 5. The summed E-state index contributed by atoms with van der Waals surface area (Å²) in [6.07, 6.45) is 2.68. The molecule has 2 heterocycles. The second-order valence-corrected chi connectivity index (χ2v) is 10.2. The molecule has 0 spiro atoms. The maximum atomic E-state index is 12.8. The van der Waals surface area contributed by atoms with Crippen LogP contribution in [-0.2, 0) is 14.6 Å². The van der Waals surface area contributed by atoms with Gasteiger partial charge in [0.15, 0.2) is 9.84 Å². The number of aromatic nitrogens is 2. The van der Waals surface area contributed by atoms with Gasteiger partial charge in [0.05, 0.1) is 10.6 Å². The number of piperidine rings is 1. The first-order valence-corrected chi connectivity index (χ1v) is 11.9. The third-order valence-corrected chi connectivity index (χ3v) is 7.60. The van der Waals surface area contributed by atoms with Gasteiger partial charge in [-0.05, 0) is 47.9 Å². The number of carbonyl (C=O) groups excluding carboxylic acids is 1. The fourth-order valence-corrected chi connectivity index (χ4v) is 5.47. The van der Waals surface area contributed by atoms with Crippen LogP contribution in [0.5, 0.6) is 0 Å². The maximum absolute atomic E-state index is 12.8. The number of aromatic amines is 1. The zero-order chi connectivity index (χ0) is 22.2. The summed E-state index contributed by atoms with van der Waals surface area (Å²) in [5.41, 5.74) is -0.200. The molecule has 164 valence electrons. The number of likely N-dealkylation sites (tertiary alicyclic amines) is 1. The monoisotopic (exact) mass is 463 g/mol. The number of hydrogen-bond donors (Lipinski definition) is 2. The molecule has 3 aromatic rings. The summed E-state index contributed by atoms with van der Waals surface area (Å²) in [6, 6.07) is 9.70. The number of nitrogens with zero attached hydrogens (tertiary/aromatic N) is 2. The van der Waals surface area contributed by atoms with Gasteiger partial charge in [0.25, 0.3) is 5.91 Å². The molecule has 10 heteroatoms. The van der Waals surface area contributed by atoms with Crippen molar-refractivity contribution in [1.29, 1.82) is 0 Å². The van der Waals surface area contributed by atoms with Gasteiger partial charge in [0.1, 0.15) is 6.10 Å².